The summed E-state index contributed by atoms with van der Waals surface area (Å²) >= 11 is 0. The Balaban J connectivity index is 2.46. The Labute approximate surface area is 95.7 Å². The molecule has 1 nitrogen and oxygen atoms in total. The summed E-state index contributed by atoms with van der Waals surface area (Å²) in [5.74, 6) is -1.07. The molecule has 0 saturated carbocycles. The van der Waals surface area contributed by atoms with E-state index < -0.39 is 11.6 Å². The maximum Gasteiger partial charge on any atom is 0.162 e. The predicted molar refractivity (Wildman–Crippen MR) is 62.1 cm³/mol. The summed E-state index contributed by atoms with van der Waals surface area (Å²) in [5.41, 5.74) is 6.32. The molecular weight excluding hydrogens is 208 g/mol. The molecule has 1 aromatic carbocycles. The van der Waals surface area contributed by atoms with Crippen molar-refractivity contribution in [3.8, 4) is 0 Å². The summed E-state index contributed by atoms with van der Waals surface area (Å²) < 4.78 is 26.2. The van der Waals surface area contributed by atoms with Crippen molar-refractivity contribution in [2.24, 2.45) is 11.7 Å². The highest BCUT2D eigenvalue weighted by Gasteiger charge is 2.10. The van der Waals surface area contributed by atoms with Crippen LogP contribution in [0.2, 0.25) is 0 Å². The Morgan fingerprint density at radius 2 is 1.94 bits per heavy atom. The minimum absolute atomic E-state index is 0.136. The largest absolute Gasteiger partial charge is 0.327 e. The highest BCUT2D eigenvalue weighted by molar-refractivity contribution is 5.18. The van der Waals surface area contributed by atoms with Gasteiger partial charge in [0.1, 0.15) is 0 Å². The lowest BCUT2D eigenvalue weighted by atomic mass is 9.97. The SMILES string of the molecule is CC(C)C(N)CCCc1cccc(F)c1F. The topological polar surface area (TPSA) is 26.0 Å². The van der Waals surface area contributed by atoms with E-state index in [0.29, 0.717) is 17.9 Å². The first-order chi connectivity index (χ1) is 7.52. The molecule has 0 fully saturated rings. The molecule has 2 N–H and O–H groups in total. The van der Waals surface area contributed by atoms with Crippen LogP contribution in [-0.2, 0) is 6.42 Å². The van der Waals surface area contributed by atoms with E-state index in [-0.39, 0.29) is 6.04 Å². The average molecular weight is 227 g/mol. The lowest BCUT2D eigenvalue weighted by Crippen LogP contribution is -2.26. The van der Waals surface area contributed by atoms with Crippen LogP contribution in [0.3, 0.4) is 0 Å². The number of hydrogen-bond donors (Lipinski definition) is 1. The number of halogens is 2. The van der Waals surface area contributed by atoms with Crippen LogP contribution in [0.15, 0.2) is 18.2 Å². The fourth-order valence-electron chi connectivity index (χ4n) is 1.60. The molecule has 1 unspecified atom stereocenters. The van der Waals surface area contributed by atoms with Gasteiger partial charge in [-0.1, -0.05) is 26.0 Å². The molecule has 3 heteroatoms. The van der Waals surface area contributed by atoms with E-state index in [1.54, 1.807) is 6.07 Å². The van der Waals surface area contributed by atoms with Crippen molar-refractivity contribution in [2.45, 2.75) is 39.2 Å². The van der Waals surface area contributed by atoms with Gasteiger partial charge in [-0.05, 0) is 36.8 Å². The Hall–Kier alpha value is -0.960. The quantitative estimate of drug-likeness (QED) is 0.820. The van der Waals surface area contributed by atoms with Gasteiger partial charge in [-0.15, -0.1) is 0 Å². The highest BCUT2D eigenvalue weighted by atomic mass is 19.2. The zero-order chi connectivity index (χ0) is 12.1. The Kier molecular flexibility index (Phi) is 4.87. The van der Waals surface area contributed by atoms with Crippen LogP contribution in [0.1, 0.15) is 32.3 Å². The third-order valence-electron chi connectivity index (χ3n) is 2.87. The van der Waals surface area contributed by atoms with E-state index >= 15 is 0 Å². The molecule has 1 aromatic rings. The predicted octanol–water partition coefficient (Wildman–Crippen LogP) is 3.27. The second-order valence-corrected chi connectivity index (χ2v) is 4.51. The van der Waals surface area contributed by atoms with Gasteiger partial charge in [-0.25, -0.2) is 8.78 Å². The number of hydrogen-bond acceptors (Lipinski definition) is 1. The van der Waals surface area contributed by atoms with E-state index in [1.165, 1.54) is 6.07 Å². The van der Waals surface area contributed by atoms with Crippen molar-refractivity contribution < 1.29 is 8.78 Å². The van der Waals surface area contributed by atoms with Crippen LogP contribution in [0, 0.1) is 17.6 Å². The van der Waals surface area contributed by atoms with Crippen molar-refractivity contribution in [2.75, 3.05) is 0 Å². The molecule has 1 atom stereocenters. The van der Waals surface area contributed by atoms with Gasteiger partial charge in [-0.3, -0.25) is 0 Å². The van der Waals surface area contributed by atoms with Crippen LogP contribution < -0.4 is 5.73 Å². The molecule has 0 bridgehead atoms. The Morgan fingerprint density at radius 3 is 2.56 bits per heavy atom. The lowest BCUT2D eigenvalue weighted by molar-refractivity contribution is 0.447. The van der Waals surface area contributed by atoms with Crippen molar-refractivity contribution in [3.05, 3.63) is 35.4 Å². The van der Waals surface area contributed by atoms with Gasteiger partial charge >= 0.3 is 0 Å². The Bertz CT molecular complexity index is 337. The van der Waals surface area contributed by atoms with Gasteiger partial charge in [-0.2, -0.15) is 0 Å². The molecule has 0 amide bonds. The first-order valence-electron chi connectivity index (χ1n) is 5.71. The molecule has 0 aliphatic rings. The Morgan fingerprint density at radius 1 is 1.25 bits per heavy atom. The number of rotatable bonds is 5. The van der Waals surface area contributed by atoms with Crippen molar-refractivity contribution >= 4 is 0 Å². The van der Waals surface area contributed by atoms with Gasteiger partial charge in [0.05, 0.1) is 0 Å². The second-order valence-electron chi connectivity index (χ2n) is 4.51. The molecule has 1 rings (SSSR count). The first kappa shape index (κ1) is 13.1. The molecule has 0 heterocycles. The van der Waals surface area contributed by atoms with E-state index in [1.807, 2.05) is 0 Å². The molecule has 90 valence electrons. The van der Waals surface area contributed by atoms with Crippen molar-refractivity contribution in [3.63, 3.8) is 0 Å². The third kappa shape index (κ3) is 3.56. The van der Waals surface area contributed by atoms with Gasteiger partial charge in [0, 0.05) is 6.04 Å². The summed E-state index contributed by atoms with van der Waals surface area (Å²) in [6.07, 6.45) is 2.18. The number of benzene rings is 1. The normalized spacial score (nSPS) is 13.1. The summed E-state index contributed by atoms with van der Waals surface area (Å²) in [6, 6.07) is 4.44. The summed E-state index contributed by atoms with van der Waals surface area (Å²) in [6.45, 7) is 4.13. The molecule has 0 radical (unpaired) electrons. The molecule has 16 heavy (non-hydrogen) atoms. The average Bonchev–Trinajstić information content (AvgIpc) is 2.24. The third-order valence-corrected chi connectivity index (χ3v) is 2.87. The molecule has 0 aliphatic heterocycles. The van der Waals surface area contributed by atoms with Gasteiger partial charge < -0.3 is 5.73 Å². The van der Waals surface area contributed by atoms with Crippen LogP contribution in [0.5, 0.6) is 0 Å². The molecule has 0 saturated heterocycles. The fourth-order valence-corrected chi connectivity index (χ4v) is 1.60. The van der Waals surface area contributed by atoms with E-state index in [0.717, 1.165) is 18.9 Å². The van der Waals surface area contributed by atoms with Gasteiger partial charge in [0.2, 0.25) is 0 Å². The van der Waals surface area contributed by atoms with Crippen molar-refractivity contribution in [1.82, 2.24) is 0 Å². The van der Waals surface area contributed by atoms with E-state index in [9.17, 15) is 8.78 Å². The summed E-state index contributed by atoms with van der Waals surface area (Å²) in [7, 11) is 0. The smallest absolute Gasteiger partial charge is 0.162 e. The van der Waals surface area contributed by atoms with Crippen LogP contribution in [0.4, 0.5) is 8.78 Å². The maximum absolute atomic E-state index is 13.3. The molecular formula is C13H19F2N. The fraction of sp³-hybridized carbons (Fsp3) is 0.538. The monoisotopic (exact) mass is 227 g/mol. The van der Waals surface area contributed by atoms with Crippen LogP contribution in [-0.4, -0.2) is 6.04 Å². The highest BCUT2D eigenvalue weighted by Crippen LogP contribution is 2.15. The van der Waals surface area contributed by atoms with Crippen molar-refractivity contribution in [1.29, 1.82) is 0 Å². The number of aryl methyl sites for hydroxylation is 1. The molecule has 0 aromatic heterocycles. The van der Waals surface area contributed by atoms with Crippen LogP contribution in [0.25, 0.3) is 0 Å². The maximum atomic E-state index is 13.3. The van der Waals surface area contributed by atoms with Gasteiger partial charge in [0.15, 0.2) is 11.6 Å². The zero-order valence-corrected chi connectivity index (χ0v) is 9.84. The first-order valence-corrected chi connectivity index (χ1v) is 5.71. The lowest BCUT2D eigenvalue weighted by Gasteiger charge is -2.15. The zero-order valence-electron chi connectivity index (χ0n) is 9.84. The molecule has 0 spiro atoms. The summed E-state index contributed by atoms with van der Waals surface area (Å²) in [5, 5.41) is 0. The number of nitrogens with two attached hydrogens (primary N) is 1. The standard InChI is InChI=1S/C13H19F2N/c1-9(2)12(16)8-4-6-10-5-3-7-11(14)13(10)15/h3,5,7,9,12H,4,6,8,16H2,1-2H3. The summed E-state index contributed by atoms with van der Waals surface area (Å²) in [4.78, 5) is 0. The molecule has 0 aliphatic carbocycles. The second kappa shape index (κ2) is 5.94. The minimum atomic E-state index is -0.773. The van der Waals surface area contributed by atoms with Crippen LogP contribution >= 0.6 is 0 Å². The van der Waals surface area contributed by atoms with E-state index in [4.69, 9.17) is 5.73 Å². The van der Waals surface area contributed by atoms with Gasteiger partial charge in [0.25, 0.3) is 0 Å². The minimum Gasteiger partial charge on any atom is -0.327 e. The van der Waals surface area contributed by atoms with E-state index in [2.05, 4.69) is 13.8 Å².